The van der Waals surface area contributed by atoms with Crippen LogP contribution < -0.4 is 0 Å². The van der Waals surface area contributed by atoms with Gasteiger partial charge in [-0.3, -0.25) is 9.69 Å². The number of carbonyl (C=O) groups is 1. The van der Waals surface area contributed by atoms with Gasteiger partial charge in [0.15, 0.2) is 5.69 Å². The molecular formula is C20H26FN3O2. The second-order valence-electron chi connectivity index (χ2n) is 7.34. The van der Waals surface area contributed by atoms with Crippen molar-refractivity contribution < 1.29 is 13.7 Å². The van der Waals surface area contributed by atoms with Crippen LogP contribution in [0.25, 0.3) is 0 Å². The van der Waals surface area contributed by atoms with Crippen LogP contribution in [0, 0.1) is 18.7 Å². The third kappa shape index (κ3) is 4.30. The molecule has 0 bridgehead atoms. The summed E-state index contributed by atoms with van der Waals surface area (Å²) in [6.07, 6.45) is 0.896. The molecule has 1 saturated heterocycles. The van der Waals surface area contributed by atoms with E-state index in [4.69, 9.17) is 4.52 Å². The second kappa shape index (κ2) is 7.99. The molecule has 140 valence electrons. The smallest absolute Gasteiger partial charge is 0.276 e. The first-order valence-electron chi connectivity index (χ1n) is 9.15. The van der Waals surface area contributed by atoms with Crippen LogP contribution >= 0.6 is 0 Å². The molecule has 0 unspecified atom stereocenters. The SMILES string of the molecule is Cc1cc(C(=O)N2CCCN(Cc3ccc(F)cc3)[C@H](C(C)C)C2)no1. The van der Waals surface area contributed by atoms with Gasteiger partial charge < -0.3 is 9.42 Å². The van der Waals surface area contributed by atoms with Crippen LogP contribution in [0.4, 0.5) is 4.39 Å². The van der Waals surface area contributed by atoms with Gasteiger partial charge in [-0.25, -0.2) is 4.39 Å². The van der Waals surface area contributed by atoms with Gasteiger partial charge in [-0.1, -0.05) is 31.1 Å². The number of aromatic nitrogens is 1. The number of rotatable bonds is 4. The average molecular weight is 359 g/mol. The van der Waals surface area contributed by atoms with Crippen LogP contribution in [-0.2, 0) is 6.54 Å². The van der Waals surface area contributed by atoms with E-state index in [0.29, 0.717) is 30.5 Å². The predicted octanol–water partition coefficient (Wildman–Crippen LogP) is 3.49. The standard InChI is InChI=1S/C20H26FN3O2/c1-14(2)19-13-24(20(25)18-11-15(3)26-22-18)10-4-9-23(19)12-16-5-7-17(21)8-6-16/h5-8,11,14,19H,4,9-10,12-13H2,1-3H3/t19-/m0/s1. The molecule has 6 heteroatoms. The summed E-state index contributed by atoms with van der Waals surface area (Å²) in [6.45, 7) is 9.16. The number of nitrogens with zero attached hydrogens (tertiary/aromatic N) is 3. The van der Waals surface area contributed by atoms with Crippen molar-refractivity contribution in [3.05, 3.63) is 53.2 Å². The molecule has 1 amide bonds. The summed E-state index contributed by atoms with van der Waals surface area (Å²) >= 11 is 0. The minimum atomic E-state index is -0.218. The molecule has 0 saturated carbocycles. The largest absolute Gasteiger partial charge is 0.361 e. The van der Waals surface area contributed by atoms with E-state index in [1.54, 1.807) is 13.0 Å². The lowest BCUT2D eigenvalue weighted by Gasteiger charge is -2.34. The summed E-state index contributed by atoms with van der Waals surface area (Å²) in [4.78, 5) is 17.1. The summed E-state index contributed by atoms with van der Waals surface area (Å²) < 4.78 is 18.2. The molecule has 1 aliphatic rings. The fourth-order valence-electron chi connectivity index (χ4n) is 3.53. The molecule has 2 aromatic rings. The summed E-state index contributed by atoms with van der Waals surface area (Å²) in [5.74, 6) is 0.741. The van der Waals surface area contributed by atoms with E-state index < -0.39 is 0 Å². The van der Waals surface area contributed by atoms with Crippen LogP contribution in [0.2, 0.25) is 0 Å². The van der Waals surface area contributed by atoms with Crippen molar-refractivity contribution in [2.45, 2.75) is 39.8 Å². The lowest BCUT2D eigenvalue weighted by atomic mass is 10.0. The Balaban J connectivity index is 1.74. The molecule has 3 rings (SSSR count). The molecule has 0 radical (unpaired) electrons. The first-order valence-corrected chi connectivity index (χ1v) is 9.15. The van der Waals surface area contributed by atoms with Gasteiger partial charge in [0.05, 0.1) is 0 Å². The summed E-state index contributed by atoms with van der Waals surface area (Å²) in [5, 5.41) is 3.87. The van der Waals surface area contributed by atoms with E-state index in [0.717, 1.165) is 25.1 Å². The number of carbonyl (C=O) groups excluding carboxylic acids is 1. The monoisotopic (exact) mass is 359 g/mol. The third-order valence-corrected chi connectivity index (χ3v) is 4.95. The van der Waals surface area contributed by atoms with Crippen molar-refractivity contribution in [1.29, 1.82) is 0 Å². The lowest BCUT2D eigenvalue weighted by molar-refractivity contribution is 0.0692. The van der Waals surface area contributed by atoms with Gasteiger partial charge in [0.25, 0.3) is 5.91 Å². The van der Waals surface area contributed by atoms with Crippen molar-refractivity contribution in [3.8, 4) is 0 Å². The highest BCUT2D eigenvalue weighted by molar-refractivity contribution is 5.92. The maximum Gasteiger partial charge on any atom is 0.276 e. The van der Waals surface area contributed by atoms with Crippen LogP contribution in [0.5, 0.6) is 0 Å². The Morgan fingerprint density at radius 1 is 1.31 bits per heavy atom. The Labute approximate surface area is 153 Å². The summed E-state index contributed by atoms with van der Waals surface area (Å²) in [6, 6.07) is 8.59. The molecule has 0 N–H and O–H groups in total. The molecule has 5 nitrogen and oxygen atoms in total. The van der Waals surface area contributed by atoms with Crippen LogP contribution in [0.15, 0.2) is 34.9 Å². The topological polar surface area (TPSA) is 49.6 Å². The van der Waals surface area contributed by atoms with Crippen LogP contribution in [0.3, 0.4) is 0 Å². The van der Waals surface area contributed by atoms with E-state index in [1.807, 2.05) is 17.0 Å². The Morgan fingerprint density at radius 3 is 2.65 bits per heavy atom. The van der Waals surface area contributed by atoms with Gasteiger partial charge in [-0.2, -0.15) is 0 Å². The minimum absolute atomic E-state index is 0.0730. The van der Waals surface area contributed by atoms with Crippen molar-refractivity contribution in [1.82, 2.24) is 15.0 Å². The minimum Gasteiger partial charge on any atom is -0.361 e. The number of benzene rings is 1. The molecule has 1 aliphatic heterocycles. The quantitative estimate of drug-likeness (QED) is 0.838. The van der Waals surface area contributed by atoms with Crippen molar-refractivity contribution in [2.24, 2.45) is 5.92 Å². The second-order valence-corrected chi connectivity index (χ2v) is 7.34. The number of aryl methyl sites for hydroxylation is 1. The van der Waals surface area contributed by atoms with Crippen LogP contribution in [0.1, 0.15) is 42.1 Å². The molecule has 2 heterocycles. The summed E-state index contributed by atoms with van der Waals surface area (Å²) in [5.41, 5.74) is 1.46. The maximum absolute atomic E-state index is 13.2. The molecule has 1 aromatic heterocycles. The van der Waals surface area contributed by atoms with E-state index >= 15 is 0 Å². The van der Waals surface area contributed by atoms with Crippen LogP contribution in [-0.4, -0.2) is 46.5 Å². The molecule has 1 fully saturated rings. The number of hydrogen-bond donors (Lipinski definition) is 0. The highest BCUT2D eigenvalue weighted by Crippen LogP contribution is 2.21. The summed E-state index contributed by atoms with van der Waals surface area (Å²) in [7, 11) is 0. The van der Waals surface area contributed by atoms with Crippen molar-refractivity contribution >= 4 is 5.91 Å². The van der Waals surface area contributed by atoms with Gasteiger partial charge in [-0.15, -0.1) is 0 Å². The Bertz CT molecular complexity index is 742. The normalized spacial score (nSPS) is 19.0. The Kier molecular flexibility index (Phi) is 5.71. The molecule has 0 aliphatic carbocycles. The number of hydrogen-bond acceptors (Lipinski definition) is 4. The average Bonchev–Trinajstić information content (AvgIpc) is 2.93. The molecule has 1 atom stereocenters. The van der Waals surface area contributed by atoms with E-state index in [1.165, 1.54) is 12.1 Å². The zero-order valence-electron chi connectivity index (χ0n) is 15.6. The van der Waals surface area contributed by atoms with E-state index in [9.17, 15) is 9.18 Å². The number of amides is 1. The first kappa shape index (κ1) is 18.6. The predicted molar refractivity (Wildman–Crippen MR) is 97.2 cm³/mol. The molecule has 26 heavy (non-hydrogen) atoms. The van der Waals surface area contributed by atoms with Gasteiger partial charge in [0.1, 0.15) is 11.6 Å². The van der Waals surface area contributed by atoms with Crippen molar-refractivity contribution in [2.75, 3.05) is 19.6 Å². The third-order valence-electron chi connectivity index (χ3n) is 4.95. The van der Waals surface area contributed by atoms with Gasteiger partial charge in [-0.05, 0) is 37.0 Å². The number of halogens is 1. The highest BCUT2D eigenvalue weighted by Gasteiger charge is 2.30. The molecule has 1 aromatic carbocycles. The fourth-order valence-corrected chi connectivity index (χ4v) is 3.53. The lowest BCUT2D eigenvalue weighted by Crippen LogP contribution is -2.45. The van der Waals surface area contributed by atoms with Crippen molar-refractivity contribution in [3.63, 3.8) is 0 Å². The Morgan fingerprint density at radius 2 is 2.04 bits per heavy atom. The molecular weight excluding hydrogens is 333 g/mol. The van der Waals surface area contributed by atoms with E-state index in [-0.39, 0.29) is 17.8 Å². The van der Waals surface area contributed by atoms with Gasteiger partial charge in [0, 0.05) is 38.3 Å². The van der Waals surface area contributed by atoms with Gasteiger partial charge >= 0.3 is 0 Å². The highest BCUT2D eigenvalue weighted by atomic mass is 19.1. The zero-order valence-corrected chi connectivity index (χ0v) is 15.6. The first-order chi connectivity index (χ1) is 12.4. The fraction of sp³-hybridized carbons (Fsp3) is 0.500. The maximum atomic E-state index is 13.2. The Hall–Kier alpha value is -2.21. The van der Waals surface area contributed by atoms with Gasteiger partial charge in [0.2, 0.25) is 0 Å². The molecule has 0 spiro atoms. The van der Waals surface area contributed by atoms with E-state index in [2.05, 4.69) is 23.9 Å². The zero-order chi connectivity index (χ0) is 18.7.